The molecule has 1 aliphatic carbocycles. The predicted octanol–water partition coefficient (Wildman–Crippen LogP) is 4.36. The summed E-state index contributed by atoms with van der Waals surface area (Å²) < 4.78 is 14.5. The first-order valence-electron chi connectivity index (χ1n) is 11.0. The SMILES string of the molecule is C=CCNC(=O)C1(Cc2ccccc2-c2ccccc2F)CCN(C(=O)C2CCC2)C1. The predicted molar refractivity (Wildman–Crippen MR) is 120 cm³/mol. The van der Waals surface area contributed by atoms with Crippen LogP contribution in [0.2, 0.25) is 0 Å². The van der Waals surface area contributed by atoms with Gasteiger partial charge in [-0.15, -0.1) is 6.58 Å². The third-order valence-corrected chi connectivity index (χ3v) is 6.72. The maximum absolute atomic E-state index is 14.5. The van der Waals surface area contributed by atoms with E-state index in [1.165, 1.54) is 6.07 Å². The van der Waals surface area contributed by atoms with Crippen LogP contribution in [0.3, 0.4) is 0 Å². The Morgan fingerprint density at radius 3 is 2.52 bits per heavy atom. The minimum Gasteiger partial charge on any atom is -0.352 e. The van der Waals surface area contributed by atoms with Crippen molar-refractivity contribution in [2.75, 3.05) is 19.6 Å². The van der Waals surface area contributed by atoms with E-state index in [1.54, 1.807) is 18.2 Å². The van der Waals surface area contributed by atoms with Crippen molar-refractivity contribution in [1.29, 1.82) is 0 Å². The summed E-state index contributed by atoms with van der Waals surface area (Å²) in [4.78, 5) is 28.0. The number of hydrogen-bond acceptors (Lipinski definition) is 2. The fourth-order valence-corrected chi connectivity index (χ4v) is 4.72. The molecule has 4 rings (SSSR count). The van der Waals surface area contributed by atoms with Gasteiger partial charge in [0.15, 0.2) is 0 Å². The normalized spacial score (nSPS) is 20.9. The number of nitrogens with one attached hydrogen (secondary N) is 1. The molecule has 5 heteroatoms. The molecule has 1 saturated heterocycles. The molecule has 162 valence electrons. The lowest BCUT2D eigenvalue weighted by atomic mass is 9.78. The zero-order chi connectivity index (χ0) is 21.8. The van der Waals surface area contributed by atoms with E-state index in [-0.39, 0.29) is 23.5 Å². The number of rotatable bonds is 7. The molecule has 1 heterocycles. The van der Waals surface area contributed by atoms with E-state index >= 15 is 0 Å². The minimum atomic E-state index is -0.732. The second kappa shape index (κ2) is 9.04. The van der Waals surface area contributed by atoms with Crippen LogP contribution in [0, 0.1) is 17.2 Å². The Hall–Kier alpha value is -2.95. The Balaban J connectivity index is 1.65. The highest BCUT2D eigenvalue weighted by Crippen LogP contribution is 2.40. The van der Waals surface area contributed by atoms with E-state index in [1.807, 2.05) is 35.2 Å². The maximum Gasteiger partial charge on any atom is 0.228 e. The zero-order valence-corrected chi connectivity index (χ0v) is 17.8. The molecule has 0 radical (unpaired) electrons. The quantitative estimate of drug-likeness (QED) is 0.677. The van der Waals surface area contributed by atoms with Crippen molar-refractivity contribution in [3.63, 3.8) is 0 Å². The van der Waals surface area contributed by atoms with Gasteiger partial charge in [-0.1, -0.05) is 55.0 Å². The van der Waals surface area contributed by atoms with Crippen LogP contribution in [0.4, 0.5) is 4.39 Å². The molecule has 2 aromatic rings. The van der Waals surface area contributed by atoms with Crippen molar-refractivity contribution >= 4 is 11.8 Å². The summed E-state index contributed by atoms with van der Waals surface area (Å²) in [7, 11) is 0. The molecule has 1 atom stereocenters. The highest BCUT2D eigenvalue weighted by atomic mass is 19.1. The first kappa shape index (κ1) is 21.3. The summed E-state index contributed by atoms with van der Waals surface area (Å²) in [6, 6.07) is 14.4. The van der Waals surface area contributed by atoms with Gasteiger partial charge in [0.2, 0.25) is 11.8 Å². The van der Waals surface area contributed by atoms with Gasteiger partial charge in [0.1, 0.15) is 5.82 Å². The molecule has 31 heavy (non-hydrogen) atoms. The summed E-state index contributed by atoms with van der Waals surface area (Å²) >= 11 is 0. The molecule has 0 spiro atoms. The lowest BCUT2D eigenvalue weighted by molar-refractivity contribution is -0.138. The summed E-state index contributed by atoms with van der Waals surface area (Å²) in [5.41, 5.74) is 1.50. The van der Waals surface area contributed by atoms with Gasteiger partial charge in [-0.3, -0.25) is 9.59 Å². The number of nitrogens with zero attached hydrogens (tertiary/aromatic N) is 1. The molecular weight excluding hydrogens is 391 g/mol. The average Bonchev–Trinajstić information content (AvgIpc) is 3.17. The molecule has 2 amide bonds. The van der Waals surface area contributed by atoms with E-state index in [2.05, 4.69) is 11.9 Å². The van der Waals surface area contributed by atoms with Crippen molar-refractivity contribution in [3.8, 4) is 11.1 Å². The molecule has 2 aliphatic rings. The summed E-state index contributed by atoms with van der Waals surface area (Å²) in [6.45, 7) is 5.06. The Morgan fingerprint density at radius 2 is 1.84 bits per heavy atom. The summed E-state index contributed by atoms with van der Waals surface area (Å²) in [6.07, 6.45) is 5.70. The van der Waals surface area contributed by atoms with Gasteiger partial charge in [-0.2, -0.15) is 0 Å². The van der Waals surface area contributed by atoms with Crippen molar-refractivity contribution in [3.05, 3.63) is 72.6 Å². The van der Waals surface area contributed by atoms with Gasteiger partial charge in [-0.05, 0) is 42.9 Å². The third-order valence-electron chi connectivity index (χ3n) is 6.72. The number of hydrogen-bond donors (Lipinski definition) is 1. The van der Waals surface area contributed by atoms with Gasteiger partial charge in [0, 0.05) is 31.1 Å². The van der Waals surface area contributed by atoms with Crippen molar-refractivity contribution in [2.45, 2.75) is 32.1 Å². The number of amides is 2. The standard InChI is InChI=1S/C26H29FN2O2/c1-2-15-28-25(31)26(14-16-29(18-26)24(30)19-9-7-10-19)17-20-8-3-4-11-21(20)22-12-5-6-13-23(22)27/h2-6,8,11-13,19H,1,7,9-10,14-18H2,(H,28,31). The third kappa shape index (κ3) is 4.27. The molecular formula is C26H29FN2O2. The number of likely N-dealkylation sites (tertiary alicyclic amines) is 1. The molecule has 4 nitrogen and oxygen atoms in total. The molecule has 1 N–H and O–H groups in total. The van der Waals surface area contributed by atoms with E-state index < -0.39 is 5.41 Å². The molecule has 1 unspecified atom stereocenters. The molecule has 2 aromatic carbocycles. The second-order valence-electron chi connectivity index (χ2n) is 8.73. The van der Waals surface area contributed by atoms with Gasteiger partial charge in [0.05, 0.1) is 5.41 Å². The van der Waals surface area contributed by atoms with Gasteiger partial charge < -0.3 is 10.2 Å². The van der Waals surface area contributed by atoms with E-state index in [4.69, 9.17) is 0 Å². The Labute approximate surface area is 183 Å². The fraction of sp³-hybridized carbons (Fsp3) is 0.385. The lowest BCUT2D eigenvalue weighted by Gasteiger charge is -2.32. The Morgan fingerprint density at radius 1 is 1.13 bits per heavy atom. The van der Waals surface area contributed by atoms with Gasteiger partial charge >= 0.3 is 0 Å². The monoisotopic (exact) mass is 420 g/mol. The highest BCUT2D eigenvalue weighted by molar-refractivity contribution is 5.87. The highest BCUT2D eigenvalue weighted by Gasteiger charge is 2.47. The van der Waals surface area contributed by atoms with Crippen LogP contribution < -0.4 is 5.32 Å². The topological polar surface area (TPSA) is 49.4 Å². The van der Waals surface area contributed by atoms with Crippen molar-refractivity contribution < 1.29 is 14.0 Å². The molecule has 0 bridgehead atoms. The fourth-order valence-electron chi connectivity index (χ4n) is 4.72. The van der Waals surface area contributed by atoms with E-state index in [0.29, 0.717) is 38.0 Å². The average molecular weight is 421 g/mol. The van der Waals surface area contributed by atoms with Gasteiger partial charge in [0.25, 0.3) is 0 Å². The maximum atomic E-state index is 14.5. The molecule has 1 saturated carbocycles. The molecule has 2 fully saturated rings. The van der Waals surface area contributed by atoms with Crippen molar-refractivity contribution in [1.82, 2.24) is 10.2 Å². The summed E-state index contributed by atoms with van der Waals surface area (Å²) in [5, 5.41) is 2.95. The Bertz CT molecular complexity index is 985. The number of benzene rings is 2. The smallest absolute Gasteiger partial charge is 0.228 e. The Kier molecular flexibility index (Phi) is 6.21. The molecule has 1 aliphatic heterocycles. The van der Waals surface area contributed by atoms with E-state index in [9.17, 15) is 14.0 Å². The van der Waals surface area contributed by atoms with Crippen LogP contribution in [0.5, 0.6) is 0 Å². The van der Waals surface area contributed by atoms with Crippen LogP contribution >= 0.6 is 0 Å². The summed E-state index contributed by atoms with van der Waals surface area (Å²) in [5.74, 6) is -0.0715. The van der Waals surface area contributed by atoms with Crippen molar-refractivity contribution in [2.24, 2.45) is 11.3 Å². The number of halogens is 1. The van der Waals surface area contributed by atoms with Crippen LogP contribution in [-0.2, 0) is 16.0 Å². The van der Waals surface area contributed by atoms with E-state index in [0.717, 1.165) is 30.4 Å². The zero-order valence-electron chi connectivity index (χ0n) is 17.8. The first-order valence-corrected chi connectivity index (χ1v) is 11.0. The molecule has 0 aromatic heterocycles. The number of carbonyl (C=O) groups is 2. The second-order valence-corrected chi connectivity index (χ2v) is 8.73. The van der Waals surface area contributed by atoms with Crippen LogP contribution in [0.25, 0.3) is 11.1 Å². The number of carbonyl (C=O) groups excluding carboxylic acids is 2. The lowest BCUT2D eigenvalue weighted by Crippen LogP contribution is -2.46. The van der Waals surface area contributed by atoms with Crippen LogP contribution in [-0.4, -0.2) is 36.3 Å². The van der Waals surface area contributed by atoms with Crippen LogP contribution in [0.15, 0.2) is 61.2 Å². The largest absolute Gasteiger partial charge is 0.352 e. The van der Waals surface area contributed by atoms with Gasteiger partial charge in [-0.25, -0.2) is 4.39 Å². The van der Waals surface area contributed by atoms with Crippen LogP contribution in [0.1, 0.15) is 31.2 Å². The minimum absolute atomic E-state index is 0.0698. The first-order chi connectivity index (χ1) is 15.0.